The number of amides is 1. The van der Waals surface area contributed by atoms with Crippen LogP contribution in [-0.2, 0) is 28.6 Å². The molecule has 0 bridgehead atoms. The van der Waals surface area contributed by atoms with E-state index in [4.69, 9.17) is 4.74 Å². The summed E-state index contributed by atoms with van der Waals surface area (Å²) in [5.74, 6) is -0.910. The van der Waals surface area contributed by atoms with Crippen LogP contribution in [0.4, 0.5) is 0 Å². The van der Waals surface area contributed by atoms with Gasteiger partial charge in [0.15, 0.2) is 6.29 Å². The number of rotatable bonds is 5. The molecule has 5 atom stereocenters. The molecule has 0 spiro atoms. The lowest BCUT2D eigenvalue weighted by Gasteiger charge is -2.41. The standard InChI is InChI=1S/C11H19NO7S/c1-6-9(5-18-20(3,16)17)19-8(4-13)10(11(6)15)12-7(2)14/h4,6,8-11,15H,5H2,1-3H3,(H,12,14)/t6-,8+,9?,10?,11?/m1/s1. The van der Waals surface area contributed by atoms with Gasteiger partial charge in [-0.3, -0.25) is 8.98 Å². The van der Waals surface area contributed by atoms with Gasteiger partial charge in [0.2, 0.25) is 5.91 Å². The van der Waals surface area contributed by atoms with E-state index in [0.29, 0.717) is 6.29 Å². The fraction of sp³-hybridized carbons (Fsp3) is 0.818. The Morgan fingerprint density at radius 3 is 2.55 bits per heavy atom. The van der Waals surface area contributed by atoms with Crippen LogP contribution in [0.2, 0.25) is 0 Å². The van der Waals surface area contributed by atoms with Crippen LogP contribution in [0.15, 0.2) is 0 Å². The van der Waals surface area contributed by atoms with E-state index in [0.717, 1.165) is 6.26 Å². The van der Waals surface area contributed by atoms with Gasteiger partial charge in [0.25, 0.3) is 10.1 Å². The molecule has 1 aliphatic heterocycles. The first-order valence-corrected chi connectivity index (χ1v) is 7.87. The SMILES string of the molecule is CC(=O)NC1C(O)[C@H](C)C(COS(C)(=O)=O)O[C@H]1C=O. The lowest BCUT2D eigenvalue weighted by Crippen LogP contribution is -2.61. The number of carbonyl (C=O) groups is 2. The van der Waals surface area contributed by atoms with E-state index in [-0.39, 0.29) is 6.61 Å². The van der Waals surface area contributed by atoms with Crippen molar-refractivity contribution in [3.8, 4) is 0 Å². The number of aliphatic hydroxyl groups excluding tert-OH is 1. The number of hydrogen-bond acceptors (Lipinski definition) is 7. The maximum absolute atomic E-state index is 11.1. The Balaban J connectivity index is 2.79. The Hall–Kier alpha value is -1.03. The average Bonchev–Trinajstić information content (AvgIpc) is 2.32. The molecule has 0 aromatic carbocycles. The summed E-state index contributed by atoms with van der Waals surface area (Å²) in [4.78, 5) is 22.1. The van der Waals surface area contributed by atoms with Gasteiger partial charge < -0.3 is 20.0 Å². The van der Waals surface area contributed by atoms with Crippen molar-refractivity contribution in [1.29, 1.82) is 0 Å². The summed E-state index contributed by atoms with van der Waals surface area (Å²) in [5.41, 5.74) is 0. The minimum absolute atomic E-state index is 0.297. The second kappa shape index (κ2) is 6.61. The molecule has 1 aliphatic rings. The summed E-state index contributed by atoms with van der Waals surface area (Å²) in [6, 6.07) is -0.866. The molecule has 0 aromatic rings. The summed E-state index contributed by atoms with van der Waals surface area (Å²) in [7, 11) is -3.64. The van der Waals surface area contributed by atoms with Crippen molar-refractivity contribution in [3.63, 3.8) is 0 Å². The molecule has 1 fully saturated rings. The van der Waals surface area contributed by atoms with Gasteiger partial charge in [-0.05, 0) is 0 Å². The number of nitrogens with one attached hydrogen (secondary N) is 1. The van der Waals surface area contributed by atoms with Gasteiger partial charge in [0.1, 0.15) is 6.10 Å². The first-order chi connectivity index (χ1) is 9.15. The minimum Gasteiger partial charge on any atom is -0.390 e. The van der Waals surface area contributed by atoms with Gasteiger partial charge in [-0.15, -0.1) is 0 Å². The summed E-state index contributed by atoms with van der Waals surface area (Å²) < 4.78 is 31.9. The van der Waals surface area contributed by atoms with Crippen molar-refractivity contribution in [3.05, 3.63) is 0 Å². The van der Waals surface area contributed by atoms with E-state index in [1.807, 2.05) is 0 Å². The molecule has 2 N–H and O–H groups in total. The van der Waals surface area contributed by atoms with Gasteiger partial charge in [-0.25, -0.2) is 0 Å². The molecule has 20 heavy (non-hydrogen) atoms. The zero-order valence-electron chi connectivity index (χ0n) is 11.5. The van der Waals surface area contributed by atoms with E-state index >= 15 is 0 Å². The van der Waals surface area contributed by atoms with Crippen LogP contribution in [0.25, 0.3) is 0 Å². The molecule has 3 unspecified atom stereocenters. The number of ether oxygens (including phenoxy) is 1. The molecular formula is C11H19NO7S. The van der Waals surface area contributed by atoms with Crippen molar-refractivity contribution in [2.75, 3.05) is 12.9 Å². The van der Waals surface area contributed by atoms with Crippen molar-refractivity contribution >= 4 is 22.3 Å². The molecule has 9 heteroatoms. The molecule has 0 radical (unpaired) electrons. The van der Waals surface area contributed by atoms with Gasteiger partial charge in [-0.1, -0.05) is 6.92 Å². The second-order valence-electron chi connectivity index (χ2n) is 4.84. The molecular weight excluding hydrogens is 290 g/mol. The smallest absolute Gasteiger partial charge is 0.264 e. The van der Waals surface area contributed by atoms with Crippen LogP contribution in [-0.4, -0.2) is 62.9 Å². The number of hydrogen-bond donors (Lipinski definition) is 2. The largest absolute Gasteiger partial charge is 0.390 e. The Kier molecular flexibility index (Phi) is 5.63. The van der Waals surface area contributed by atoms with E-state index in [2.05, 4.69) is 9.50 Å². The Morgan fingerprint density at radius 1 is 1.50 bits per heavy atom. The average molecular weight is 309 g/mol. The van der Waals surface area contributed by atoms with E-state index in [1.54, 1.807) is 6.92 Å². The zero-order valence-corrected chi connectivity index (χ0v) is 12.3. The maximum Gasteiger partial charge on any atom is 0.264 e. The van der Waals surface area contributed by atoms with Crippen LogP contribution in [0.5, 0.6) is 0 Å². The summed E-state index contributed by atoms with van der Waals surface area (Å²) in [6.07, 6.45) is -1.51. The van der Waals surface area contributed by atoms with E-state index in [9.17, 15) is 23.1 Å². The summed E-state index contributed by atoms with van der Waals surface area (Å²) in [6.45, 7) is 2.59. The minimum atomic E-state index is -3.64. The molecule has 1 amide bonds. The summed E-state index contributed by atoms with van der Waals surface area (Å²) >= 11 is 0. The van der Waals surface area contributed by atoms with Crippen LogP contribution in [0.1, 0.15) is 13.8 Å². The number of carbonyl (C=O) groups excluding carboxylic acids is 2. The third-order valence-electron chi connectivity index (χ3n) is 3.13. The quantitative estimate of drug-likeness (QED) is 0.465. The van der Waals surface area contributed by atoms with Gasteiger partial charge in [-0.2, -0.15) is 8.42 Å². The summed E-state index contributed by atoms with van der Waals surface area (Å²) in [5, 5.41) is 12.6. The third kappa shape index (κ3) is 4.51. The first-order valence-electron chi connectivity index (χ1n) is 6.06. The molecule has 8 nitrogen and oxygen atoms in total. The molecule has 0 saturated carbocycles. The number of aliphatic hydroxyl groups is 1. The van der Waals surface area contributed by atoms with Crippen LogP contribution in [0.3, 0.4) is 0 Å². The van der Waals surface area contributed by atoms with Crippen molar-refractivity contribution < 1.29 is 32.0 Å². The monoisotopic (exact) mass is 309 g/mol. The first kappa shape index (κ1) is 17.0. The van der Waals surface area contributed by atoms with Gasteiger partial charge >= 0.3 is 0 Å². The molecule has 1 rings (SSSR count). The van der Waals surface area contributed by atoms with Gasteiger partial charge in [0, 0.05) is 12.8 Å². The highest BCUT2D eigenvalue weighted by Gasteiger charge is 2.43. The van der Waals surface area contributed by atoms with Crippen LogP contribution in [0, 0.1) is 5.92 Å². The fourth-order valence-electron chi connectivity index (χ4n) is 2.05. The van der Waals surface area contributed by atoms with Crippen molar-refractivity contribution in [1.82, 2.24) is 5.32 Å². The number of aldehydes is 1. The zero-order chi connectivity index (χ0) is 15.5. The van der Waals surface area contributed by atoms with Gasteiger partial charge in [0.05, 0.1) is 31.1 Å². The van der Waals surface area contributed by atoms with E-state index in [1.165, 1.54) is 6.92 Å². The van der Waals surface area contributed by atoms with Crippen molar-refractivity contribution in [2.24, 2.45) is 5.92 Å². The Morgan fingerprint density at radius 2 is 2.10 bits per heavy atom. The molecule has 116 valence electrons. The molecule has 0 aromatic heterocycles. The van der Waals surface area contributed by atoms with Crippen LogP contribution >= 0.6 is 0 Å². The topological polar surface area (TPSA) is 119 Å². The second-order valence-corrected chi connectivity index (χ2v) is 6.48. The molecule has 0 aliphatic carbocycles. The van der Waals surface area contributed by atoms with E-state index < -0.39 is 46.3 Å². The third-order valence-corrected chi connectivity index (χ3v) is 3.69. The predicted octanol–water partition coefficient (Wildman–Crippen LogP) is -1.57. The Labute approximate surface area is 117 Å². The normalized spacial score (nSPS) is 34.5. The van der Waals surface area contributed by atoms with Crippen LogP contribution < -0.4 is 5.32 Å². The predicted molar refractivity (Wildman–Crippen MR) is 68.3 cm³/mol. The fourth-order valence-corrected chi connectivity index (χ4v) is 2.43. The lowest BCUT2D eigenvalue weighted by molar-refractivity contribution is -0.166. The van der Waals surface area contributed by atoms with Crippen molar-refractivity contribution in [2.45, 2.75) is 38.2 Å². The highest BCUT2D eigenvalue weighted by Crippen LogP contribution is 2.25. The maximum atomic E-state index is 11.1. The highest BCUT2D eigenvalue weighted by atomic mass is 32.2. The highest BCUT2D eigenvalue weighted by molar-refractivity contribution is 7.85. The molecule has 1 saturated heterocycles. The lowest BCUT2D eigenvalue weighted by atomic mass is 9.87. The molecule has 1 heterocycles. The Bertz CT molecular complexity index is 463.